The molecule has 1 amide bonds. The quantitative estimate of drug-likeness (QED) is 0.722. The first kappa shape index (κ1) is 21.4. The van der Waals surface area contributed by atoms with Crippen LogP contribution in [0.15, 0.2) is 59.5 Å². The maximum atomic E-state index is 13.1. The number of sulfonamides is 1. The molecular formula is C21H26FN3O3S. The van der Waals surface area contributed by atoms with Crippen LogP contribution in [0.2, 0.25) is 0 Å². The Bertz CT molecular complexity index is 927. The number of likely N-dealkylation sites (N-methyl/N-ethyl adjacent to an activating group) is 1. The second kappa shape index (κ2) is 9.02. The lowest BCUT2D eigenvalue weighted by molar-refractivity contribution is -0.123. The maximum Gasteiger partial charge on any atom is 0.244 e. The molecular weight excluding hydrogens is 393 g/mol. The molecule has 0 radical (unpaired) electrons. The van der Waals surface area contributed by atoms with Crippen molar-refractivity contribution in [3.8, 4) is 0 Å². The van der Waals surface area contributed by atoms with Crippen molar-refractivity contribution >= 4 is 21.6 Å². The number of nitrogens with zero attached hydrogens (tertiary/aromatic N) is 3. The molecule has 0 spiro atoms. The molecule has 3 rings (SSSR count). The van der Waals surface area contributed by atoms with Crippen LogP contribution in [-0.2, 0) is 14.8 Å². The van der Waals surface area contributed by atoms with E-state index in [1.165, 1.54) is 16.4 Å². The molecule has 8 heteroatoms. The standard InChI is InChI=1S/C21H26FN3O3S/c1-3-25(19-7-5-4-6-8-19)21(26)17(2)23-13-15-24(16-14-23)29(27,28)20-11-9-18(22)10-12-20/h4-12,17H,3,13-16H2,1-2H3/t17-/m0/s1. The van der Waals surface area contributed by atoms with Crippen molar-refractivity contribution in [2.75, 3.05) is 37.6 Å². The molecule has 2 aromatic rings. The van der Waals surface area contributed by atoms with Crippen molar-refractivity contribution in [2.45, 2.75) is 24.8 Å². The number of para-hydroxylation sites is 1. The molecule has 29 heavy (non-hydrogen) atoms. The van der Waals surface area contributed by atoms with E-state index in [0.29, 0.717) is 19.6 Å². The zero-order chi connectivity index (χ0) is 21.0. The molecule has 2 aromatic carbocycles. The topological polar surface area (TPSA) is 60.9 Å². The smallest absolute Gasteiger partial charge is 0.244 e. The molecule has 6 nitrogen and oxygen atoms in total. The number of benzene rings is 2. The highest BCUT2D eigenvalue weighted by Crippen LogP contribution is 2.20. The fourth-order valence-electron chi connectivity index (χ4n) is 3.54. The van der Waals surface area contributed by atoms with Crippen LogP contribution in [-0.4, -0.2) is 62.3 Å². The Labute approximate surface area is 171 Å². The normalized spacial score (nSPS) is 17.1. The fraction of sp³-hybridized carbons (Fsp3) is 0.381. The highest BCUT2D eigenvalue weighted by Gasteiger charge is 2.33. The molecule has 1 aliphatic heterocycles. The van der Waals surface area contributed by atoms with Crippen molar-refractivity contribution < 1.29 is 17.6 Å². The van der Waals surface area contributed by atoms with Gasteiger partial charge in [-0.3, -0.25) is 9.69 Å². The van der Waals surface area contributed by atoms with Crippen molar-refractivity contribution in [1.29, 1.82) is 0 Å². The number of carbonyl (C=O) groups excluding carboxylic acids is 1. The van der Waals surface area contributed by atoms with E-state index < -0.39 is 15.8 Å². The van der Waals surface area contributed by atoms with E-state index in [-0.39, 0.29) is 29.9 Å². The first-order valence-corrected chi connectivity index (χ1v) is 11.1. The minimum absolute atomic E-state index is 0.00598. The Hall–Kier alpha value is -2.29. The summed E-state index contributed by atoms with van der Waals surface area (Å²) < 4.78 is 40.0. The molecule has 1 aliphatic rings. The Morgan fingerprint density at radius 3 is 2.17 bits per heavy atom. The summed E-state index contributed by atoms with van der Waals surface area (Å²) >= 11 is 0. The second-order valence-electron chi connectivity index (χ2n) is 6.99. The van der Waals surface area contributed by atoms with Crippen LogP contribution in [0.5, 0.6) is 0 Å². The van der Waals surface area contributed by atoms with Crippen LogP contribution in [0.1, 0.15) is 13.8 Å². The number of amides is 1. The van der Waals surface area contributed by atoms with Gasteiger partial charge in [-0.15, -0.1) is 0 Å². The van der Waals surface area contributed by atoms with Gasteiger partial charge in [-0.1, -0.05) is 18.2 Å². The zero-order valence-electron chi connectivity index (χ0n) is 16.7. The van der Waals surface area contributed by atoms with E-state index in [1.807, 2.05) is 49.1 Å². The van der Waals surface area contributed by atoms with Crippen LogP contribution >= 0.6 is 0 Å². The molecule has 0 aromatic heterocycles. The van der Waals surface area contributed by atoms with Gasteiger partial charge in [-0.25, -0.2) is 12.8 Å². The summed E-state index contributed by atoms with van der Waals surface area (Å²) in [6.45, 7) is 5.85. The van der Waals surface area contributed by atoms with E-state index in [4.69, 9.17) is 0 Å². The molecule has 0 unspecified atom stereocenters. The van der Waals surface area contributed by atoms with Crippen molar-refractivity contribution in [2.24, 2.45) is 0 Å². The maximum absolute atomic E-state index is 13.1. The van der Waals surface area contributed by atoms with Gasteiger partial charge in [-0.2, -0.15) is 4.31 Å². The lowest BCUT2D eigenvalue weighted by Crippen LogP contribution is -2.55. The third-order valence-electron chi connectivity index (χ3n) is 5.28. The predicted molar refractivity (Wildman–Crippen MR) is 111 cm³/mol. The summed E-state index contributed by atoms with van der Waals surface area (Å²) in [5.41, 5.74) is 0.851. The second-order valence-corrected chi connectivity index (χ2v) is 8.93. The third kappa shape index (κ3) is 4.66. The van der Waals surface area contributed by atoms with E-state index in [9.17, 15) is 17.6 Å². The van der Waals surface area contributed by atoms with Gasteiger partial charge in [-0.05, 0) is 50.2 Å². The van der Waals surface area contributed by atoms with Gasteiger partial charge in [0.2, 0.25) is 15.9 Å². The summed E-state index contributed by atoms with van der Waals surface area (Å²) in [6.07, 6.45) is 0. The first-order valence-electron chi connectivity index (χ1n) is 9.70. The Balaban J connectivity index is 1.65. The van der Waals surface area contributed by atoms with Crippen LogP contribution < -0.4 is 4.90 Å². The molecule has 1 atom stereocenters. The van der Waals surface area contributed by atoms with Gasteiger partial charge in [0.25, 0.3) is 0 Å². The summed E-state index contributed by atoms with van der Waals surface area (Å²) in [7, 11) is -3.67. The average Bonchev–Trinajstić information content (AvgIpc) is 2.75. The molecule has 0 bridgehead atoms. The largest absolute Gasteiger partial charge is 0.311 e. The summed E-state index contributed by atoms with van der Waals surface area (Å²) in [5.74, 6) is -0.478. The Morgan fingerprint density at radius 2 is 1.62 bits per heavy atom. The number of anilines is 1. The fourth-order valence-corrected chi connectivity index (χ4v) is 4.96. The van der Waals surface area contributed by atoms with Crippen LogP contribution in [0.25, 0.3) is 0 Å². The molecule has 156 valence electrons. The Morgan fingerprint density at radius 1 is 1.03 bits per heavy atom. The highest BCUT2D eigenvalue weighted by molar-refractivity contribution is 7.89. The molecule has 1 fully saturated rings. The van der Waals surface area contributed by atoms with Crippen molar-refractivity contribution in [3.05, 3.63) is 60.4 Å². The molecule has 1 saturated heterocycles. The van der Waals surface area contributed by atoms with Gasteiger partial charge in [0.1, 0.15) is 5.82 Å². The zero-order valence-corrected chi connectivity index (χ0v) is 17.5. The van der Waals surface area contributed by atoms with E-state index in [1.54, 1.807) is 4.90 Å². The molecule has 1 heterocycles. The molecule has 0 N–H and O–H groups in total. The lowest BCUT2D eigenvalue weighted by atomic mass is 10.2. The van der Waals surface area contributed by atoms with Gasteiger partial charge in [0, 0.05) is 38.4 Å². The van der Waals surface area contributed by atoms with Gasteiger partial charge in [0.05, 0.1) is 10.9 Å². The van der Waals surface area contributed by atoms with Crippen molar-refractivity contribution in [1.82, 2.24) is 9.21 Å². The Kier molecular flexibility index (Phi) is 6.66. The first-order chi connectivity index (χ1) is 13.8. The summed E-state index contributed by atoms with van der Waals surface area (Å²) in [5, 5.41) is 0. The predicted octanol–water partition coefficient (Wildman–Crippen LogP) is 2.57. The van der Waals surface area contributed by atoms with Crippen LogP contribution in [0.4, 0.5) is 10.1 Å². The lowest BCUT2D eigenvalue weighted by Gasteiger charge is -2.38. The summed E-state index contributed by atoms with van der Waals surface area (Å²) in [6, 6.07) is 14.0. The third-order valence-corrected chi connectivity index (χ3v) is 7.19. The van der Waals surface area contributed by atoms with Gasteiger partial charge >= 0.3 is 0 Å². The van der Waals surface area contributed by atoms with Crippen LogP contribution in [0, 0.1) is 5.82 Å². The minimum atomic E-state index is -3.67. The number of halogens is 1. The minimum Gasteiger partial charge on any atom is -0.311 e. The molecule has 0 aliphatic carbocycles. The number of piperazine rings is 1. The van der Waals surface area contributed by atoms with Crippen LogP contribution in [0.3, 0.4) is 0 Å². The van der Waals surface area contributed by atoms with Gasteiger partial charge < -0.3 is 4.90 Å². The van der Waals surface area contributed by atoms with E-state index in [2.05, 4.69) is 0 Å². The number of hydrogen-bond donors (Lipinski definition) is 0. The summed E-state index contributed by atoms with van der Waals surface area (Å²) in [4.78, 5) is 16.9. The number of hydrogen-bond acceptors (Lipinski definition) is 4. The average molecular weight is 420 g/mol. The SMILES string of the molecule is CCN(C(=O)[C@H](C)N1CCN(S(=O)(=O)c2ccc(F)cc2)CC1)c1ccccc1. The monoisotopic (exact) mass is 419 g/mol. The van der Waals surface area contributed by atoms with E-state index >= 15 is 0 Å². The van der Waals surface area contributed by atoms with Crippen molar-refractivity contribution in [3.63, 3.8) is 0 Å². The van der Waals surface area contributed by atoms with Gasteiger partial charge in [0.15, 0.2) is 0 Å². The highest BCUT2D eigenvalue weighted by atomic mass is 32.2. The number of carbonyl (C=O) groups is 1. The van der Waals surface area contributed by atoms with E-state index in [0.717, 1.165) is 17.8 Å². The molecule has 0 saturated carbocycles. The number of rotatable bonds is 6.